The molecule has 1 aromatic rings. The molecule has 4 aliphatic rings. The van der Waals surface area contributed by atoms with Gasteiger partial charge in [-0.05, 0) is 68.9 Å². The molecule has 1 aliphatic carbocycles. The number of rotatable bonds is 6. The van der Waals surface area contributed by atoms with Crippen LogP contribution in [0.15, 0.2) is 24.3 Å². The average Bonchev–Trinajstić information content (AvgIpc) is 3.61. The summed E-state index contributed by atoms with van der Waals surface area (Å²) in [5.41, 5.74) is 0.851. The van der Waals surface area contributed by atoms with Gasteiger partial charge < -0.3 is 24.6 Å². The lowest BCUT2D eigenvalue weighted by Gasteiger charge is -2.35. The summed E-state index contributed by atoms with van der Waals surface area (Å²) < 4.78 is 11.1. The molecule has 0 aromatic heterocycles. The van der Waals surface area contributed by atoms with Crippen molar-refractivity contribution >= 4 is 17.6 Å². The summed E-state index contributed by atoms with van der Waals surface area (Å²) >= 11 is 0. The molecule has 0 radical (unpaired) electrons. The van der Waals surface area contributed by atoms with Gasteiger partial charge in [-0.2, -0.15) is 0 Å². The Bertz CT molecular complexity index is 950. The van der Waals surface area contributed by atoms with Crippen LogP contribution in [0.4, 0.5) is 0 Å². The molecule has 35 heavy (non-hydrogen) atoms. The molecule has 3 aliphatic heterocycles. The lowest BCUT2D eigenvalue weighted by Crippen LogP contribution is -2.60. The van der Waals surface area contributed by atoms with E-state index in [-0.39, 0.29) is 30.3 Å². The van der Waals surface area contributed by atoms with E-state index in [1.54, 1.807) is 12.0 Å². The van der Waals surface area contributed by atoms with Gasteiger partial charge in [0.15, 0.2) is 5.78 Å². The second kappa shape index (κ2) is 9.99. The highest BCUT2D eigenvalue weighted by molar-refractivity contribution is 6.01. The molecule has 5 rings (SSSR count). The van der Waals surface area contributed by atoms with Crippen LogP contribution in [0.25, 0.3) is 0 Å². The number of carbonyl (C=O) groups excluding carboxylic acids is 3. The number of hydrogen-bond donors (Lipinski definition) is 1. The van der Waals surface area contributed by atoms with Gasteiger partial charge in [-0.15, -0.1) is 0 Å². The number of likely N-dealkylation sites (tertiary alicyclic amines) is 2. The van der Waals surface area contributed by atoms with Crippen LogP contribution in [0.3, 0.4) is 0 Å². The van der Waals surface area contributed by atoms with Crippen molar-refractivity contribution in [3.8, 4) is 0 Å². The Hall–Kier alpha value is -2.29. The zero-order valence-electron chi connectivity index (χ0n) is 20.8. The smallest absolute Gasteiger partial charge is 0.252 e. The van der Waals surface area contributed by atoms with Gasteiger partial charge in [0.1, 0.15) is 30.4 Å². The Labute approximate surface area is 207 Å². The van der Waals surface area contributed by atoms with E-state index in [2.05, 4.69) is 29.3 Å². The monoisotopic (exact) mass is 483 g/mol. The summed E-state index contributed by atoms with van der Waals surface area (Å²) in [6, 6.07) is 7.26. The average molecular weight is 484 g/mol. The topological polar surface area (TPSA) is 88.2 Å². The summed E-state index contributed by atoms with van der Waals surface area (Å²) in [6.07, 6.45) is 4.39. The first-order valence-electron chi connectivity index (χ1n) is 13.1. The Morgan fingerprint density at radius 3 is 2.46 bits per heavy atom. The number of carbonyl (C=O) groups is 3. The summed E-state index contributed by atoms with van der Waals surface area (Å²) in [5, 5.41) is 3.10. The number of ether oxygens (including phenoxy) is 2. The summed E-state index contributed by atoms with van der Waals surface area (Å²) in [7, 11) is 1.58. The highest BCUT2D eigenvalue weighted by Crippen LogP contribution is 2.37. The number of amides is 2. The van der Waals surface area contributed by atoms with E-state index < -0.39 is 17.7 Å². The van der Waals surface area contributed by atoms with Crippen LogP contribution in [-0.2, 0) is 19.1 Å². The van der Waals surface area contributed by atoms with Gasteiger partial charge >= 0.3 is 0 Å². The summed E-state index contributed by atoms with van der Waals surface area (Å²) in [4.78, 5) is 43.7. The van der Waals surface area contributed by atoms with Crippen molar-refractivity contribution in [3.05, 3.63) is 35.4 Å². The van der Waals surface area contributed by atoms with Crippen LogP contribution >= 0.6 is 0 Å². The van der Waals surface area contributed by atoms with Crippen molar-refractivity contribution in [2.75, 3.05) is 39.9 Å². The molecule has 3 atom stereocenters. The van der Waals surface area contributed by atoms with Crippen molar-refractivity contribution in [2.24, 2.45) is 0 Å². The van der Waals surface area contributed by atoms with Crippen LogP contribution in [0.1, 0.15) is 67.3 Å². The first-order chi connectivity index (χ1) is 17.0. The van der Waals surface area contributed by atoms with E-state index in [0.717, 1.165) is 45.3 Å². The minimum Gasteiger partial charge on any atom is -0.377 e. The largest absolute Gasteiger partial charge is 0.377 e. The van der Waals surface area contributed by atoms with Gasteiger partial charge in [0.2, 0.25) is 5.91 Å². The van der Waals surface area contributed by atoms with E-state index in [1.165, 1.54) is 5.56 Å². The minimum atomic E-state index is -0.987. The molecule has 0 bridgehead atoms. The predicted molar refractivity (Wildman–Crippen MR) is 130 cm³/mol. The number of piperidine rings is 1. The Kier molecular flexibility index (Phi) is 6.97. The van der Waals surface area contributed by atoms with Gasteiger partial charge in [0.25, 0.3) is 5.91 Å². The number of nitrogens with zero attached hydrogens (tertiary/aromatic N) is 2. The van der Waals surface area contributed by atoms with Crippen molar-refractivity contribution in [3.63, 3.8) is 0 Å². The highest BCUT2D eigenvalue weighted by atomic mass is 16.5. The molecule has 3 saturated heterocycles. The zero-order valence-corrected chi connectivity index (χ0v) is 20.8. The molecule has 1 saturated carbocycles. The number of Topliss-reactive ketones (excluding diaryl/α,β-unsaturated/α-hetero) is 1. The maximum atomic E-state index is 13.8. The third-order valence-electron chi connectivity index (χ3n) is 8.60. The van der Waals surface area contributed by atoms with Crippen molar-refractivity contribution in [1.82, 2.24) is 15.1 Å². The van der Waals surface area contributed by atoms with Gasteiger partial charge in [0.05, 0.1) is 6.54 Å². The number of methoxy groups -OCH3 is 1. The van der Waals surface area contributed by atoms with Gasteiger partial charge in [0, 0.05) is 12.7 Å². The van der Waals surface area contributed by atoms with E-state index in [4.69, 9.17) is 9.47 Å². The first-order valence-corrected chi connectivity index (χ1v) is 13.1. The highest BCUT2D eigenvalue weighted by Gasteiger charge is 2.56. The quantitative estimate of drug-likeness (QED) is 0.667. The zero-order chi connectivity index (χ0) is 24.6. The number of benzene rings is 1. The molecule has 8 heteroatoms. The molecule has 0 unspecified atom stereocenters. The number of hydrogen-bond acceptors (Lipinski definition) is 6. The molecule has 1 N–H and O–H groups in total. The third kappa shape index (κ3) is 4.52. The van der Waals surface area contributed by atoms with Crippen molar-refractivity contribution in [1.29, 1.82) is 0 Å². The van der Waals surface area contributed by atoms with Crippen molar-refractivity contribution < 1.29 is 23.9 Å². The molecule has 190 valence electrons. The van der Waals surface area contributed by atoms with Crippen LogP contribution < -0.4 is 5.32 Å². The third-order valence-corrected chi connectivity index (χ3v) is 8.60. The SMILES string of the molecule is CCN1CCC(c2ccc(C(=O)NC3(C(=O)N4C[C@H](OC)[C@H]5OCC(=O)[C@H]54)CCCC3)cc2)CC1. The van der Waals surface area contributed by atoms with Crippen LogP contribution in [-0.4, -0.2) is 91.1 Å². The molecule has 3 heterocycles. The fraction of sp³-hybridized carbons (Fsp3) is 0.667. The lowest BCUT2D eigenvalue weighted by molar-refractivity contribution is -0.142. The van der Waals surface area contributed by atoms with Crippen LogP contribution in [0.5, 0.6) is 0 Å². The fourth-order valence-corrected chi connectivity index (χ4v) is 6.45. The molecular formula is C27H37N3O5. The molecule has 1 aromatic carbocycles. The maximum absolute atomic E-state index is 13.8. The van der Waals surface area contributed by atoms with Gasteiger partial charge in [-0.3, -0.25) is 14.4 Å². The number of nitrogens with one attached hydrogen (secondary N) is 1. The molecule has 0 spiro atoms. The fourth-order valence-electron chi connectivity index (χ4n) is 6.45. The normalized spacial score (nSPS) is 28.9. The minimum absolute atomic E-state index is 0.00213. The lowest BCUT2D eigenvalue weighted by atomic mass is 9.89. The van der Waals surface area contributed by atoms with Gasteiger partial charge in [-0.1, -0.05) is 31.9 Å². The van der Waals surface area contributed by atoms with E-state index in [1.807, 2.05) is 12.1 Å². The predicted octanol–water partition coefficient (Wildman–Crippen LogP) is 2.12. The second-order valence-corrected chi connectivity index (χ2v) is 10.5. The van der Waals surface area contributed by atoms with Gasteiger partial charge in [-0.25, -0.2) is 0 Å². The summed E-state index contributed by atoms with van der Waals surface area (Å²) in [6.45, 7) is 5.83. The standard InChI is InChI=1S/C27H37N3O5/c1-3-29-14-10-19(11-15-29)18-6-8-20(9-7-18)25(32)28-27(12-4-5-13-27)26(33)30-16-22(34-2)24-23(30)21(31)17-35-24/h6-9,19,22-24H,3-5,10-17H2,1-2H3,(H,28,32)/t22-,23+,24+/m0/s1. The van der Waals surface area contributed by atoms with Crippen LogP contribution in [0.2, 0.25) is 0 Å². The van der Waals surface area contributed by atoms with E-state index >= 15 is 0 Å². The molecular weight excluding hydrogens is 446 g/mol. The first kappa shape index (κ1) is 24.4. The number of fused-ring (bicyclic) bond motifs is 1. The molecule has 2 amide bonds. The van der Waals surface area contributed by atoms with E-state index in [9.17, 15) is 14.4 Å². The Balaban J connectivity index is 1.29. The maximum Gasteiger partial charge on any atom is 0.252 e. The Morgan fingerprint density at radius 1 is 1.14 bits per heavy atom. The summed E-state index contributed by atoms with van der Waals surface area (Å²) in [5.74, 6) is 0.0140. The molecule has 4 fully saturated rings. The van der Waals surface area contributed by atoms with E-state index in [0.29, 0.717) is 30.9 Å². The Morgan fingerprint density at radius 2 is 1.83 bits per heavy atom. The van der Waals surface area contributed by atoms with Crippen molar-refractivity contribution in [2.45, 2.75) is 75.2 Å². The van der Waals surface area contributed by atoms with Crippen LogP contribution in [0, 0.1) is 0 Å². The molecule has 8 nitrogen and oxygen atoms in total. The second-order valence-electron chi connectivity index (χ2n) is 10.5. The number of ketones is 1.